The van der Waals surface area contributed by atoms with E-state index in [4.69, 9.17) is 28.3 Å². The van der Waals surface area contributed by atoms with Gasteiger partial charge in [0.2, 0.25) is 5.91 Å². The Hall–Kier alpha value is -1.30. The molecule has 1 aromatic carbocycles. The van der Waals surface area contributed by atoms with E-state index in [2.05, 4.69) is 5.32 Å². The molecule has 0 radical (unpaired) electrons. The molecular formula is C14H18Cl2N2O3. The van der Waals surface area contributed by atoms with Crippen LogP contribution in [0.25, 0.3) is 0 Å². The maximum Gasteiger partial charge on any atom is 0.317 e. The highest BCUT2D eigenvalue weighted by molar-refractivity contribution is 6.43. The number of nitrogens with zero attached hydrogens (tertiary/aromatic N) is 1. The fourth-order valence-corrected chi connectivity index (χ4v) is 2.00. The van der Waals surface area contributed by atoms with Crippen molar-refractivity contribution in [1.82, 2.24) is 4.90 Å². The number of amides is 1. The number of hydrogen-bond donors (Lipinski definition) is 2. The van der Waals surface area contributed by atoms with Crippen molar-refractivity contribution in [2.24, 2.45) is 0 Å². The van der Waals surface area contributed by atoms with Gasteiger partial charge in [0.05, 0.1) is 28.8 Å². The molecule has 5 nitrogen and oxygen atoms in total. The molecule has 116 valence electrons. The van der Waals surface area contributed by atoms with Crippen LogP contribution in [-0.4, -0.2) is 40.5 Å². The van der Waals surface area contributed by atoms with Gasteiger partial charge in [-0.05, 0) is 32.9 Å². The molecule has 0 atom stereocenters. The predicted molar refractivity (Wildman–Crippen MR) is 84.1 cm³/mol. The van der Waals surface area contributed by atoms with Crippen LogP contribution in [0.1, 0.15) is 20.8 Å². The fraction of sp³-hybridized carbons (Fsp3) is 0.429. The molecule has 0 saturated carbocycles. The number of benzene rings is 1. The minimum Gasteiger partial charge on any atom is -0.480 e. The van der Waals surface area contributed by atoms with E-state index in [-0.39, 0.29) is 24.0 Å². The molecule has 0 unspecified atom stereocenters. The Morgan fingerprint density at radius 3 is 2.38 bits per heavy atom. The minimum atomic E-state index is -0.987. The number of anilines is 1. The van der Waals surface area contributed by atoms with Gasteiger partial charge in [0.25, 0.3) is 0 Å². The molecule has 0 spiro atoms. The summed E-state index contributed by atoms with van der Waals surface area (Å²) in [6, 6.07) is 4.92. The van der Waals surface area contributed by atoms with E-state index in [1.165, 1.54) is 0 Å². The number of aliphatic carboxylic acids is 1. The Morgan fingerprint density at radius 1 is 1.24 bits per heavy atom. The Bertz CT molecular complexity index is 542. The van der Waals surface area contributed by atoms with Gasteiger partial charge in [0, 0.05) is 5.54 Å². The quantitative estimate of drug-likeness (QED) is 0.869. The summed E-state index contributed by atoms with van der Waals surface area (Å²) in [5, 5.41) is 12.2. The van der Waals surface area contributed by atoms with Crippen LogP contribution in [0.15, 0.2) is 18.2 Å². The zero-order valence-corrected chi connectivity index (χ0v) is 13.6. The number of carbonyl (C=O) groups is 2. The Balaban J connectivity index is 2.79. The SMILES string of the molecule is CC(C)(C)N(CC(=O)O)CC(=O)Nc1cccc(Cl)c1Cl. The van der Waals surface area contributed by atoms with E-state index in [9.17, 15) is 9.59 Å². The Labute approximate surface area is 133 Å². The van der Waals surface area contributed by atoms with Crippen LogP contribution in [0.5, 0.6) is 0 Å². The van der Waals surface area contributed by atoms with Crippen LogP contribution >= 0.6 is 23.2 Å². The molecule has 0 aliphatic heterocycles. The minimum absolute atomic E-state index is 0.0569. The molecule has 1 amide bonds. The first-order chi connectivity index (χ1) is 9.61. The summed E-state index contributed by atoms with van der Waals surface area (Å²) < 4.78 is 0. The zero-order chi connectivity index (χ0) is 16.2. The van der Waals surface area contributed by atoms with E-state index >= 15 is 0 Å². The summed E-state index contributed by atoms with van der Waals surface area (Å²) >= 11 is 11.9. The maximum atomic E-state index is 12.1. The van der Waals surface area contributed by atoms with Gasteiger partial charge in [0.1, 0.15) is 0 Å². The first kappa shape index (κ1) is 17.8. The van der Waals surface area contributed by atoms with E-state index in [1.54, 1.807) is 23.1 Å². The van der Waals surface area contributed by atoms with Crippen molar-refractivity contribution in [2.75, 3.05) is 18.4 Å². The summed E-state index contributed by atoms with van der Waals surface area (Å²) in [4.78, 5) is 24.5. The molecule has 7 heteroatoms. The molecule has 0 aliphatic carbocycles. The van der Waals surface area contributed by atoms with Crippen LogP contribution in [-0.2, 0) is 9.59 Å². The van der Waals surface area contributed by atoms with Gasteiger partial charge >= 0.3 is 5.97 Å². The van der Waals surface area contributed by atoms with Gasteiger partial charge in [-0.2, -0.15) is 0 Å². The van der Waals surface area contributed by atoms with E-state index in [0.717, 1.165) is 0 Å². The first-order valence-corrected chi connectivity index (χ1v) is 7.07. The lowest BCUT2D eigenvalue weighted by molar-refractivity contribution is -0.140. The monoisotopic (exact) mass is 332 g/mol. The topological polar surface area (TPSA) is 69.6 Å². The van der Waals surface area contributed by atoms with Crippen molar-refractivity contribution >= 4 is 40.8 Å². The normalized spacial score (nSPS) is 11.5. The second-order valence-electron chi connectivity index (χ2n) is 5.57. The van der Waals surface area contributed by atoms with Crippen LogP contribution in [0.4, 0.5) is 5.69 Å². The van der Waals surface area contributed by atoms with Crippen LogP contribution in [0.2, 0.25) is 10.0 Å². The van der Waals surface area contributed by atoms with Crippen molar-refractivity contribution in [2.45, 2.75) is 26.3 Å². The van der Waals surface area contributed by atoms with Crippen molar-refractivity contribution in [3.63, 3.8) is 0 Å². The molecule has 0 heterocycles. The van der Waals surface area contributed by atoms with Gasteiger partial charge in [-0.1, -0.05) is 29.3 Å². The molecule has 21 heavy (non-hydrogen) atoms. The van der Waals surface area contributed by atoms with E-state index < -0.39 is 11.5 Å². The number of carboxylic acids is 1. The van der Waals surface area contributed by atoms with E-state index in [1.807, 2.05) is 20.8 Å². The second kappa shape index (κ2) is 7.11. The lowest BCUT2D eigenvalue weighted by Crippen LogP contribution is -2.48. The number of halogens is 2. The summed E-state index contributed by atoms with van der Waals surface area (Å²) in [7, 11) is 0. The van der Waals surface area contributed by atoms with Gasteiger partial charge in [-0.25, -0.2) is 0 Å². The number of hydrogen-bond acceptors (Lipinski definition) is 3. The first-order valence-electron chi connectivity index (χ1n) is 6.32. The highest BCUT2D eigenvalue weighted by Crippen LogP contribution is 2.29. The molecule has 0 aliphatic rings. The summed E-state index contributed by atoms with van der Waals surface area (Å²) in [6.45, 7) is 5.25. The molecule has 0 bridgehead atoms. The molecule has 2 N–H and O–H groups in total. The van der Waals surface area contributed by atoms with Crippen molar-refractivity contribution in [3.8, 4) is 0 Å². The number of carbonyl (C=O) groups excluding carboxylic acids is 1. The largest absolute Gasteiger partial charge is 0.480 e. The smallest absolute Gasteiger partial charge is 0.317 e. The van der Waals surface area contributed by atoms with Crippen LogP contribution < -0.4 is 5.32 Å². The highest BCUT2D eigenvalue weighted by atomic mass is 35.5. The third-order valence-corrected chi connectivity index (χ3v) is 3.65. The van der Waals surface area contributed by atoms with Crippen LogP contribution in [0, 0.1) is 0 Å². The third kappa shape index (κ3) is 5.53. The van der Waals surface area contributed by atoms with Gasteiger partial charge in [-0.3, -0.25) is 14.5 Å². The summed E-state index contributed by atoms with van der Waals surface area (Å²) in [5.41, 5.74) is -0.0493. The molecule has 0 aromatic heterocycles. The Kier molecular flexibility index (Phi) is 6.01. The molecule has 1 aromatic rings. The average Bonchev–Trinajstić information content (AvgIpc) is 2.32. The molecule has 0 fully saturated rings. The average molecular weight is 333 g/mol. The standard InChI is InChI=1S/C14H18Cl2N2O3/c1-14(2,3)18(8-12(20)21)7-11(19)17-10-6-4-5-9(15)13(10)16/h4-6H,7-8H2,1-3H3,(H,17,19)(H,20,21). The fourth-order valence-electron chi connectivity index (χ4n) is 1.66. The second-order valence-corrected chi connectivity index (χ2v) is 6.36. The number of carboxylic acid groups (broad SMARTS) is 1. The Morgan fingerprint density at radius 2 is 1.86 bits per heavy atom. The van der Waals surface area contributed by atoms with Gasteiger partial charge < -0.3 is 10.4 Å². The molecule has 1 rings (SSSR count). The lowest BCUT2D eigenvalue weighted by atomic mass is 10.1. The predicted octanol–water partition coefficient (Wildman–Crippen LogP) is 3.12. The van der Waals surface area contributed by atoms with Gasteiger partial charge in [0.15, 0.2) is 0 Å². The highest BCUT2D eigenvalue weighted by Gasteiger charge is 2.25. The number of nitrogens with one attached hydrogen (secondary N) is 1. The van der Waals surface area contributed by atoms with Crippen molar-refractivity contribution in [1.29, 1.82) is 0 Å². The maximum absolute atomic E-state index is 12.1. The third-order valence-electron chi connectivity index (χ3n) is 2.83. The summed E-state index contributed by atoms with van der Waals surface area (Å²) in [5.74, 6) is -1.34. The van der Waals surface area contributed by atoms with Crippen molar-refractivity contribution in [3.05, 3.63) is 28.2 Å². The lowest BCUT2D eigenvalue weighted by Gasteiger charge is -2.33. The van der Waals surface area contributed by atoms with Crippen molar-refractivity contribution < 1.29 is 14.7 Å². The zero-order valence-electron chi connectivity index (χ0n) is 12.1. The summed E-state index contributed by atoms with van der Waals surface area (Å²) in [6.07, 6.45) is 0. The molecule has 0 saturated heterocycles. The van der Waals surface area contributed by atoms with Gasteiger partial charge in [-0.15, -0.1) is 0 Å². The molecular weight excluding hydrogens is 315 g/mol. The van der Waals surface area contributed by atoms with Crippen LogP contribution in [0.3, 0.4) is 0 Å². The van der Waals surface area contributed by atoms with E-state index in [0.29, 0.717) is 10.7 Å². The number of rotatable bonds is 5.